The van der Waals surface area contributed by atoms with E-state index in [0.29, 0.717) is 19.7 Å². The Balaban J connectivity index is 2.18. The summed E-state index contributed by atoms with van der Waals surface area (Å²) in [6, 6.07) is 0.257. The van der Waals surface area contributed by atoms with Gasteiger partial charge in [-0.25, -0.2) is 0 Å². The summed E-state index contributed by atoms with van der Waals surface area (Å²) < 4.78 is 5.50. The Labute approximate surface area is 123 Å². The van der Waals surface area contributed by atoms with Gasteiger partial charge in [0.1, 0.15) is 0 Å². The third kappa shape index (κ3) is 7.22. The standard InChI is InChI=1S/C15H31N3O2/c1-12(2)5-4-6-13(3)17-15(19)11-18-7-8-20-14(9-16)10-18/h12-14H,4-11,16H2,1-3H3,(H,17,19). The third-order valence-electron chi connectivity index (χ3n) is 3.68. The van der Waals surface area contributed by atoms with Crippen molar-refractivity contribution in [3.8, 4) is 0 Å². The average molecular weight is 285 g/mol. The Bertz CT molecular complexity index is 284. The molecule has 5 heteroatoms. The molecule has 118 valence electrons. The molecule has 0 aromatic rings. The van der Waals surface area contributed by atoms with E-state index < -0.39 is 0 Å². The van der Waals surface area contributed by atoms with Crippen LogP contribution in [0.5, 0.6) is 0 Å². The predicted molar refractivity (Wildman–Crippen MR) is 81.5 cm³/mol. The molecule has 2 atom stereocenters. The molecule has 1 aliphatic heterocycles. The van der Waals surface area contributed by atoms with Gasteiger partial charge in [0.2, 0.25) is 5.91 Å². The van der Waals surface area contributed by atoms with Crippen molar-refractivity contribution < 1.29 is 9.53 Å². The summed E-state index contributed by atoms with van der Waals surface area (Å²) in [5.41, 5.74) is 5.60. The second kappa shape index (κ2) is 9.32. The van der Waals surface area contributed by atoms with Gasteiger partial charge in [-0.1, -0.05) is 26.7 Å². The second-order valence-corrected chi connectivity index (χ2v) is 6.26. The quantitative estimate of drug-likeness (QED) is 0.697. The van der Waals surface area contributed by atoms with E-state index in [1.54, 1.807) is 0 Å². The van der Waals surface area contributed by atoms with E-state index in [9.17, 15) is 4.79 Å². The van der Waals surface area contributed by atoms with Gasteiger partial charge < -0.3 is 15.8 Å². The van der Waals surface area contributed by atoms with Crippen LogP contribution in [0.4, 0.5) is 0 Å². The van der Waals surface area contributed by atoms with E-state index >= 15 is 0 Å². The summed E-state index contributed by atoms with van der Waals surface area (Å²) in [4.78, 5) is 14.1. The number of carbonyl (C=O) groups is 1. The van der Waals surface area contributed by atoms with Crippen molar-refractivity contribution in [2.75, 3.05) is 32.8 Å². The van der Waals surface area contributed by atoms with Gasteiger partial charge in [-0.15, -0.1) is 0 Å². The van der Waals surface area contributed by atoms with Crippen LogP contribution in [-0.4, -0.2) is 55.7 Å². The zero-order chi connectivity index (χ0) is 15.0. The maximum absolute atomic E-state index is 12.0. The topological polar surface area (TPSA) is 67.6 Å². The van der Waals surface area contributed by atoms with Gasteiger partial charge in [-0.2, -0.15) is 0 Å². The van der Waals surface area contributed by atoms with Gasteiger partial charge in [0.25, 0.3) is 0 Å². The monoisotopic (exact) mass is 285 g/mol. The van der Waals surface area contributed by atoms with Crippen LogP contribution in [0.1, 0.15) is 40.0 Å². The van der Waals surface area contributed by atoms with Crippen molar-refractivity contribution in [3.05, 3.63) is 0 Å². The minimum Gasteiger partial charge on any atom is -0.374 e. The molecule has 1 aliphatic rings. The first-order chi connectivity index (χ1) is 9.51. The summed E-state index contributed by atoms with van der Waals surface area (Å²) in [7, 11) is 0. The molecule has 5 nitrogen and oxygen atoms in total. The van der Waals surface area contributed by atoms with Crippen LogP contribution in [0, 0.1) is 5.92 Å². The van der Waals surface area contributed by atoms with Crippen LogP contribution < -0.4 is 11.1 Å². The van der Waals surface area contributed by atoms with Gasteiger partial charge >= 0.3 is 0 Å². The highest BCUT2D eigenvalue weighted by Gasteiger charge is 2.21. The predicted octanol–water partition coefficient (Wildman–Crippen LogP) is 0.977. The average Bonchev–Trinajstić information content (AvgIpc) is 2.38. The number of amides is 1. The smallest absolute Gasteiger partial charge is 0.234 e. The SMILES string of the molecule is CC(C)CCCC(C)NC(=O)CN1CCOC(CN)C1. The Morgan fingerprint density at radius 1 is 1.40 bits per heavy atom. The summed E-state index contributed by atoms with van der Waals surface area (Å²) in [5.74, 6) is 0.846. The molecule has 0 aromatic carbocycles. The number of rotatable bonds is 8. The fourth-order valence-electron chi connectivity index (χ4n) is 2.49. The molecular formula is C15H31N3O2. The van der Waals surface area contributed by atoms with Crippen molar-refractivity contribution >= 4 is 5.91 Å². The van der Waals surface area contributed by atoms with E-state index in [4.69, 9.17) is 10.5 Å². The van der Waals surface area contributed by atoms with E-state index in [1.165, 1.54) is 12.8 Å². The molecule has 1 heterocycles. The van der Waals surface area contributed by atoms with E-state index in [1.807, 2.05) is 0 Å². The van der Waals surface area contributed by atoms with Gasteiger partial charge in [-0.3, -0.25) is 9.69 Å². The number of hydrogen-bond acceptors (Lipinski definition) is 4. The molecule has 0 spiro atoms. The first kappa shape index (κ1) is 17.4. The number of carbonyl (C=O) groups excluding carboxylic acids is 1. The highest BCUT2D eigenvalue weighted by Crippen LogP contribution is 2.08. The molecule has 0 aliphatic carbocycles. The Kier molecular flexibility index (Phi) is 8.11. The molecule has 0 saturated carbocycles. The first-order valence-corrected chi connectivity index (χ1v) is 7.84. The summed E-state index contributed by atoms with van der Waals surface area (Å²) in [6.07, 6.45) is 3.52. The molecule has 20 heavy (non-hydrogen) atoms. The van der Waals surface area contributed by atoms with Crippen LogP contribution in [-0.2, 0) is 9.53 Å². The molecule has 0 aromatic heterocycles. The molecule has 1 saturated heterocycles. The third-order valence-corrected chi connectivity index (χ3v) is 3.68. The maximum Gasteiger partial charge on any atom is 0.234 e. The Hall–Kier alpha value is -0.650. The van der Waals surface area contributed by atoms with E-state index in [-0.39, 0.29) is 18.1 Å². The summed E-state index contributed by atoms with van der Waals surface area (Å²) in [6.45, 7) is 9.75. The molecule has 1 amide bonds. The molecule has 0 radical (unpaired) electrons. The van der Waals surface area contributed by atoms with Crippen LogP contribution in [0.15, 0.2) is 0 Å². The van der Waals surface area contributed by atoms with Crippen LogP contribution in [0.3, 0.4) is 0 Å². The fraction of sp³-hybridized carbons (Fsp3) is 0.933. The fourth-order valence-corrected chi connectivity index (χ4v) is 2.49. The lowest BCUT2D eigenvalue weighted by atomic mass is 10.0. The molecule has 2 unspecified atom stereocenters. The lowest BCUT2D eigenvalue weighted by Gasteiger charge is -2.32. The molecule has 1 rings (SSSR count). The lowest BCUT2D eigenvalue weighted by Crippen LogP contribution is -2.49. The highest BCUT2D eigenvalue weighted by atomic mass is 16.5. The molecule has 3 N–H and O–H groups in total. The van der Waals surface area contributed by atoms with Crippen molar-refractivity contribution in [2.24, 2.45) is 11.7 Å². The first-order valence-electron chi connectivity index (χ1n) is 7.84. The van der Waals surface area contributed by atoms with E-state index in [2.05, 4.69) is 31.0 Å². The maximum atomic E-state index is 12.0. The zero-order valence-electron chi connectivity index (χ0n) is 13.2. The van der Waals surface area contributed by atoms with E-state index in [0.717, 1.165) is 25.4 Å². The van der Waals surface area contributed by atoms with Gasteiger partial charge in [-0.05, 0) is 19.3 Å². The van der Waals surface area contributed by atoms with Crippen molar-refractivity contribution in [1.29, 1.82) is 0 Å². The molecule has 0 bridgehead atoms. The normalized spacial score (nSPS) is 21.9. The lowest BCUT2D eigenvalue weighted by molar-refractivity contribution is -0.124. The van der Waals surface area contributed by atoms with Gasteiger partial charge in [0.05, 0.1) is 19.3 Å². The van der Waals surface area contributed by atoms with Gasteiger partial charge in [0.15, 0.2) is 0 Å². The Morgan fingerprint density at radius 2 is 2.15 bits per heavy atom. The minimum atomic E-state index is 0.0695. The molecular weight excluding hydrogens is 254 g/mol. The second-order valence-electron chi connectivity index (χ2n) is 6.26. The molecule has 1 fully saturated rings. The highest BCUT2D eigenvalue weighted by molar-refractivity contribution is 5.78. The van der Waals surface area contributed by atoms with Crippen molar-refractivity contribution in [3.63, 3.8) is 0 Å². The number of ether oxygens (including phenoxy) is 1. The largest absolute Gasteiger partial charge is 0.374 e. The number of nitrogens with zero attached hydrogens (tertiary/aromatic N) is 1. The summed E-state index contributed by atoms with van der Waals surface area (Å²) in [5, 5.41) is 3.08. The minimum absolute atomic E-state index is 0.0695. The number of nitrogens with one attached hydrogen (secondary N) is 1. The van der Waals surface area contributed by atoms with Gasteiger partial charge in [0, 0.05) is 25.7 Å². The van der Waals surface area contributed by atoms with Crippen molar-refractivity contribution in [2.45, 2.75) is 52.2 Å². The number of nitrogens with two attached hydrogens (primary N) is 1. The van der Waals surface area contributed by atoms with Crippen molar-refractivity contribution in [1.82, 2.24) is 10.2 Å². The van der Waals surface area contributed by atoms with Crippen LogP contribution in [0.2, 0.25) is 0 Å². The number of hydrogen-bond donors (Lipinski definition) is 2. The summed E-state index contributed by atoms with van der Waals surface area (Å²) >= 11 is 0. The Morgan fingerprint density at radius 3 is 2.80 bits per heavy atom. The van der Waals surface area contributed by atoms with Crippen LogP contribution in [0.25, 0.3) is 0 Å². The number of morpholine rings is 1. The zero-order valence-corrected chi connectivity index (χ0v) is 13.2. The van der Waals surface area contributed by atoms with Crippen LogP contribution >= 0.6 is 0 Å².